The van der Waals surface area contributed by atoms with Crippen LogP contribution in [0.15, 0.2) is 71.6 Å². The lowest BCUT2D eigenvalue weighted by Crippen LogP contribution is -2.30. The van der Waals surface area contributed by atoms with E-state index in [0.29, 0.717) is 22.7 Å². The standard InChI is InChI=1S/C25H27N3O6S/c1-16(2)28-35(31,32)23-15-18(7-14-22(23)34-4)25(30)27-19-8-5-17(6-9-19)24(29)26-20-10-12-21(33-3)13-11-20/h5-16,28H,1-4H3,(H,26,29)(H,27,30). The van der Waals surface area contributed by atoms with Gasteiger partial charge in [-0.1, -0.05) is 0 Å². The molecular formula is C25H27N3O6S. The van der Waals surface area contributed by atoms with Crippen LogP contribution in [0.25, 0.3) is 0 Å². The molecule has 0 fully saturated rings. The molecule has 35 heavy (non-hydrogen) atoms. The Morgan fingerprint density at radius 3 is 1.77 bits per heavy atom. The van der Waals surface area contributed by atoms with Gasteiger partial charge >= 0.3 is 0 Å². The minimum Gasteiger partial charge on any atom is -0.497 e. The largest absolute Gasteiger partial charge is 0.497 e. The summed E-state index contributed by atoms with van der Waals surface area (Å²) in [7, 11) is -0.963. The average molecular weight is 498 g/mol. The molecule has 3 rings (SSSR count). The van der Waals surface area contributed by atoms with E-state index in [0.717, 1.165) is 0 Å². The minimum atomic E-state index is -3.88. The van der Waals surface area contributed by atoms with Crippen molar-refractivity contribution in [3.8, 4) is 11.5 Å². The van der Waals surface area contributed by atoms with Crippen molar-refractivity contribution in [2.24, 2.45) is 0 Å². The van der Waals surface area contributed by atoms with Gasteiger partial charge in [0.1, 0.15) is 16.4 Å². The first-order chi connectivity index (χ1) is 16.6. The van der Waals surface area contributed by atoms with E-state index in [4.69, 9.17) is 9.47 Å². The van der Waals surface area contributed by atoms with Gasteiger partial charge < -0.3 is 20.1 Å². The fourth-order valence-electron chi connectivity index (χ4n) is 3.19. The van der Waals surface area contributed by atoms with Gasteiger partial charge in [0.25, 0.3) is 11.8 Å². The van der Waals surface area contributed by atoms with Gasteiger partial charge in [-0.25, -0.2) is 13.1 Å². The Kier molecular flexibility index (Phi) is 8.10. The number of hydrogen-bond acceptors (Lipinski definition) is 6. The monoisotopic (exact) mass is 497 g/mol. The zero-order valence-corrected chi connectivity index (χ0v) is 20.6. The zero-order valence-electron chi connectivity index (χ0n) is 19.8. The normalized spacial score (nSPS) is 11.1. The van der Waals surface area contributed by atoms with Crippen molar-refractivity contribution in [3.63, 3.8) is 0 Å². The van der Waals surface area contributed by atoms with Crippen molar-refractivity contribution < 1.29 is 27.5 Å². The quantitative estimate of drug-likeness (QED) is 0.412. The first-order valence-corrected chi connectivity index (χ1v) is 12.2. The fraction of sp³-hybridized carbons (Fsp3) is 0.200. The Morgan fingerprint density at radius 2 is 1.26 bits per heavy atom. The molecule has 3 N–H and O–H groups in total. The smallest absolute Gasteiger partial charge is 0.255 e. The van der Waals surface area contributed by atoms with Crippen LogP contribution in [-0.4, -0.2) is 40.5 Å². The van der Waals surface area contributed by atoms with E-state index in [1.54, 1.807) is 69.5 Å². The number of sulfonamides is 1. The lowest BCUT2D eigenvalue weighted by molar-refractivity contribution is 0.101. The molecule has 0 aliphatic heterocycles. The maximum Gasteiger partial charge on any atom is 0.255 e. The molecule has 0 saturated carbocycles. The highest BCUT2D eigenvalue weighted by molar-refractivity contribution is 7.89. The molecule has 9 nitrogen and oxygen atoms in total. The second-order valence-corrected chi connectivity index (χ2v) is 9.54. The number of carbonyl (C=O) groups is 2. The number of anilines is 2. The molecule has 0 aromatic heterocycles. The van der Waals surface area contributed by atoms with Crippen LogP contribution >= 0.6 is 0 Å². The van der Waals surface area contributed by atoms with E-state index in [1.807, 2.05) is 0 Å². The van der Waals surface area contributed by atoms with Crippen LogP contribution in [-0.2, 0) is 10.0 Å². The van der Waals surface area contributed by atoms with Gasteiger partial charge in [0, 0.05) is 28.5 Å². The third-order valence-electron chi connectivity index (χ3n) is 4.86. The highest BCUT2D eigenvalue weighted by Crippen LogP contribution is 2.26. The lowest BCUT2D eigenvalue weighted by Gasteiger charge is -2.14. The summed E-state index contributed by atoms with van der Waals surface area (Å²) in [6.07, 6.45) is 0. The van der Waals surface area contributed by atoms with Crippen LogP contribution in [0.1, 0.15) is 34.6 Å². The number of hydrogen-bond donors (Lipinski definition) is 3. The van der Waals surface area contributed by atoms with Crippen molar-refractivity contribution in [2.45, 2.75) is 24.8 Å². The first kappa shape index (κ1) is 25.7. The Hall–Kier alpha value is -3.89. The van der Waals surface area contributed by atoms with E-state index in [9.17, 15) is 18.0 Å². The summed E-state index contributed by atoms with van der Waals surface area (Å²) in [6, 6.07) is 17.1. The molecule has 184 valence electrons. The summed E-state index contributed by atoms with van der Waals surface area (Å²) in [6.45, 7) is 3.39. The van der Waals surface area contributed by atoms with E-state index in [-0.39, 0.29) is 28.2 Å². The Balaban J connectivity index is 1.72. The van der Waals surface area contributed by atoms with Crippen LogP contribution in [0.3, 0.4) is 0 Å². The van der Waals surface area contributed by atoms with E-state index < -0.39 is 15.9 Å². The molecular weight excluding hydrogens is 470 g/mol. The molecule has 0 radical (unpaired) electrons. The maximum absolute atomic E-state index is 12.8. The summed E-state index contributed by atoms with van der Waals surface area (Å²) in [5, 5.41) is 5.49. The van der Waals surface area contributed by atoms with Crippen LogP contribution in [0.4, 0.5) is 11.4 Å². The van der Waals surface area contributed by atoms with E-state index in [1.165, 1.54) is 25.3 Å². The van der Waals surface area contributed by atoms with Crippen LogP contribution in [0.2, 0.25) is 0 Å². The van der Waals surface area contributed by atoms with Crippen LogP contribution < -0.4 is 24.8 Å². The van der Waals surface area contributed by atoms with Gasteiger partial charge in [0.05, 0.1) is 14.2 Å². The number of ether oxygens (including phenoxy) is 2. The highest BCUT2D eigenvalue weighted by Gasteiger charge is 2.22. The summed E-state index contributed by atoms with van der Waals surface area (Å²) in [4.78, 5) is 25.1. The molecule has 0 atom stereocenters. The number of benzene rings is 3. The topological polar surface area (TPSA) is 123 Å². The van der Waals surface area contributed by atoms with E-state index in [2.05, 4.69) is 15.4 Å². The van der Waals surface area contributed by atoms with Gasteiger partial charge in [0.2, 0.25) is 10.0 Å². The maximum atomic E-state index is 12.8. The molecule has 0 saturated heterocycles. The van der Waals surface area contributed by atoms with Crippen molar-refractivity contribution in [1.82, 2.24) is 4.72 Å². The summed E-state index contributed by atoms with van der Waals surface area (Å²) in [5.41, 5.74) is 1.59. The predicted molar refractivity (Wildman–Crippen MR) is 134 cm³/mol. The fourth-order valence-corrected chi connectivity index (χ4v) is 4.63. The minimum absolute atomic E-state index is 0.127. The van der Waals surface area contributed by atoms with Gasteiger partial charge in [-0.15, -0.1) is 0 Å². The van der Waals surface area contributed by atoms with Crippen molar-refractivity contribution in [2.75, 3.05) is 24.9 Å². The summed E-state index contributed by atoms with van der Waals surface area (Å²) in [5.74, 6) is -0.0115. The molecule has 3 aromatic carbocycles. The first-order valence-electron chi connectivity index (χ1n) is 10.7. The molecule has 0 spiro atoms. The Bertz CT molecular complexity index is 1300. The van der Waals surface area contributed by atoms with Crippen LogP contribution in [0, 0.1) is 0 Å². The highest BCUT2D eigenvalue weighted by atomic mass is 32.2. The Morgan fingerprint density at radius 1 is 0.743 bits per heavy atom. The average Bonchev–Trinajstić information content (AvgIpc) is 2.83. The molecule has 3 aromatic rings. The van der Waals surface area contributed by atoms with Gasteiger partial charge in [-0.3, -0.25) is 9.59 Å². The molecule has 0 heterocycles. The number of nitrogens with one attached hydrogen (secondary N) is 3. The molecule has 0 aliphatic carbocycles. The van der Waals surface area contributed by atoms with Gasteiger partial charge in [0.15, 0.2) is 0 Å². The zero-order chi connectivity index (χ0) is 25.6. The third-order valence-corrected chi connectivity index (χ3v) is 6.54. The number of rotatable bonds is 9. The number of methoxy groups -OCH3 is 2. The molecule has 0 bridgehead atoms. The van der Waals surface area contributed by atoms with Crippen molar-refractivity contribution in [3.05, 3.63) is 77.9 Å². The van der Waals surface area contributed by atoms with Gasteiger partial charge in [-0.05, 0) is 80.6 Å². The molecule has 2 amide bonds. The summed E-state index contributed by atoms with van der Waals surface area (Å²) < 4.78 is 38.0. The number of carbonyl (C=O) groups excluding carboxylic acids is 2. The molecule has 0 aliphatic rings. The summed E-state index contributed by atoms with van der Waals surface area (Å²) >= 11 is 0. The Labute approximate surface area is 204 Å². The number of amides is 2. The molecule has 10 heteroatoms. The SMILES string of the molecule is COc1ccc(NC(=O)c2ccc(NC(=O)c3ccc(OC)c(S(=O)(=O)NC(C)C)c3)cc2)cc1. The van der Waals surface area contributed by atoms with Gasteiger partial charge in [-0.2, -0.15) is 0 Å². The third kappa shape index (κ3) is 6.58. The second kappa shape index (κ2) is 11.0. The second-order valence-electron chi connectivity index (χ2n) is 7.86. The van der Waals surface area contributed by atoms with Crippen LogP contribution in [0.5, 0.6) is 11.5 Å². The van der Waals surface area contributed by atoms with Crippen molar-refractivity contribution in [1.29, 1.82) is 0 Å². The van der Waals surface area contributed by atoms with E-state index >= 15 is 0 Å². The lowest BCUT2D eigenvalue weighted by atomic mass is 10.1. The molecule has 0 unspecified atom stereocenters. The van der Waals surface area contributed by atoms with Crippen molar-refractivity contribution >= 4 is 33.2 Å². The predicted octanol–water partition coefficient (Wildman–Crippen LogP) is 3.90.